The Morgan fingerprint density at radius 2 is 1.67 bits per heavy atom. The number of methoxy groups -OCH3 is 1. The maximum atomic E-state index is 12.5. The number of nitrogens with zero attached hydrogens (tertiary/aromatic N) is 1. The van der Waals surface area contributed by atoms with Crippen molar-refractivity contribution in [2.45, 2.75) is 6.04 Å². The van der Waals surface area contributed by atoms with Crippen molar-refractivity contribution in [1.82, 2.24) is 10.3 Å². The van der Waals surface area contributed by atoms with Gasteiger partial charge in [0.25, 0.3) is 5.91 Å². The largest absolute Gasteiger partial charge is 0.467 e. The molecule has 5 nitrogen and oxygen atoms in total. The van der Waals surface area contributed by atoms with Gasteiger partial charge >= 0.3 is 5.97 Å². The van der Waals surface area contributed by atoms with E-state index < -0.39 is 17.9 Å². The Hall–Kier alpha value is -1.53. The van der Waals surface area contributed by atoms with Crippen LogP contribution in [0.4, 0.5) is 0 Å². The minimum Gasteiger partial charge on any atom is -0.467 e. The van der Waals surface area contributed by atoms with Crippen molar-refractivity contribution in [2.24, 2.45) is 0 Å². The van der Waals surface area contributed by atoms with E-state index >= 15 is 0 Å². The summed E-state index contributed by atoms with van der Waals surface area (Å²) in [6.45, 7) is 0. The van der Waals surface area contributed by atoms with E-state index in [2.05, 4.69) is 10.3 Å². The minimum absolute atomic E-state index is 0.0625. The lowest BCUT2D eigenvalue weighted by molar-refractivity contribution is -0.143. The number of nitrogens with one attached hydrogen (secondary N) is 1. The van der Waals surface area contributed by atoms with E-state index in [1.807, 2.05) is 0 Å². The van der Waals surface area contributed by atoms with Crippen LogP contribution in [0.5, 0.6) is 0 Å². The lowest BCUT2D eigenvalue weighted by Crippen LogP contribution is -2.35. The Morgan fingerprint density at radius 1 is 1.04 bits per heavy atom. The van der Waals surface area contributed by atoms with Gasteiger partial charge in [-0.15, -0.1) is 0 Å². The van der Waals surface area contributed by atoms with Gasteiger partial charge in [0.1, 0.15) is 10.8 Å². The molecule has 1 N–H and O–H groups in total. The van der Waals surface area contributed by atoms with Gasteiger partial charge in [-0.1, -0.05) is 76.7 Å². The van der Waals surface area contributed by atoms with Gasteiger partial charge in [-0.3, -0.25) is 4.79 Å². The van der Waals surface area contributed by atoms with Crippen LogP contribution < -0.4 is 5.32 Å². The second-order valence-corrected chi connectivity index (χ2v) is 6.03. The van der Waals surface area contributed by atoms with Crippen LogP contribution in [0.3, 0.4) is 0 Å². The number of esters is 1. The number of pyridine rings is 1. The van der Waals surface area contributed by atoms with Crippen LogP contribution in [-0.4, -0.2) is 24.0 Å². The molecule has 0 bridgehead atoms. The Balaban J connectivity index is 2.37. The van der Waals surface area contributed by atoms with Gasteiger partial charge in [-0.2, -0.15) is 0 Å². The summed E-state index contributed by atoms with van der Waals surface area (Å²) in [4.78, 5) is 28.3. The Kier molecular flexibility index (Phi) is 6.29. The van der Waals surface area contributed by atoms with E-state index in [9.17, 15) is 9.59 Å². The molecule has 126 valence electrons. The summed E-state index contributed by atoms with van der Waals surface area (Å²) in [7, 11) is 1.21. The first-order chi connectivity index (χ1) is 11.4. The molecule has 0 aliphatic rings. The molecule has 0 aliphatic heterocycles. The first-order valence-corrected chi connectivity index (χ1v) is 8.01. The van der Waals surface area contributed by atoms with Crippen LogP contribution >= 0.6 is 46.4 Å². The van der Waals surface area contributed by atoms with E-state index in [0.717, 1.165) is 0 Å². The number of ether oxygens (including phenoxy) is 1. The number of rotatable bonds is 4. The molecule has 1 aromatic carbocycles. The normalized spacial score (nSPS) is 11.7. The average Bonchev–Trinajstić information content (AvgIpc) is 2.60. The fourth-order valence-corrected chi connectivity index (χ4v) is 2.69. The fourth-order valence-electron chi connectivity index (χ4n) is 1.88. The van der Waals surface area contributed by atoms with Crippen molar-refractivity contribution in [3.63, 3.8) is 0 Å². The molecule has 0 saturated heterocycles. The van der Waals surface area contributed by atoms with Crippen LogP contribution in [-0.2, 0) is 9.53 Å². The summed E-state index contributed by atoms with van der Waals surface area (Å²) in [5, 5.41) is 1.99. The number of amides is 1. The summed E-state index contributed by atoms with van der Waals surface area (Å²) in [6, 6.07) is 7.50. The maximum Gasteiger partial charge on any atom is 0.333 e. The van der Waals surface area contributed by atoms with Crippen molar-refractivity contribution in [1.29, 1.82) is 0 Å². The summed E-state index contributed by atoms with van der Waals surface area (Å²) in [5.74, 6) is -1.41. The Morgan fingerprint density at radius 3 is 2.25 bits per heavy atom. The van der Waals surface area contributed by atoms with Crippen LogP contribution in [0.15, 0.2) is 30.3 Å². The lowest BCUT2D eigenvalue weighted by Gasteiger charge is -2.17. The minimum atomic E-state index is -1.05. The van der Waals surface area contributed by atoms with Gasteiger partial charge in [-0.25, -0.2) is 9.78 Å². The highest BCUT2D eigenvalue weighted by atomic mass is 35.5. The standard InChI is InChI=1S/C15H10Cl4N2O3/c1-24-15(23)11(7-5-3-2-4-6-7)21-14(22)12-9(17)8(16)10(18)13(19)20-12/h2-6,11H,1H3,(H,21,22). The molecule has 1 aromatic heterocycles. The van der Waals surface area contributed by atoms with Crippen LogP contribution in [0.2, 0.25) is 20.2 Å². The molecule has 0 fully saturated rings. The molecule has 24 heavy (non-hydrogen) atoms. The van der Waals surface area contributed by atoms with E-state index in [1.165, 1.54) is 7.11 Å². The molecule has 0 spiro atoms. The molecule has 2 rings (SSSR count). The van der Waals surface area contributed by atoms with Gasteiger partial charge in [0, 0.05) is 0 Å². The number of benzene rings is 1. The van der Waals surface area contributed by atoms with E-state index in [0.29, 0.717) is 5.56 Å². The quantitative estimate of drug-likeness (QED) is 0.604. The molecular weight excluding hydrogens is 398 g/mol. The lowest BCUT2D eigenvalue weighted by atomic mass is 10.1. The molecule has 1 atom stereocenters. The molecule has 1 amide bonds. The van der Waals surface area contributed by atoms with Crippen molar-refractivity contribution in [3.05, 3.63) is 61.8 Å². The van der Waals surface area contributed by atoms with Crippen LogP contribution in [0.25, 0.3) is 0 Å². The molecular formula is C15H10Cl4N2O3. The van der Waals surface area contributed by atoms with Crippen molar-refractivity contribution < 1.29 is 14.3 Å². The van der Waals surface area contributed by atoms with Crippen molar-refractivity contribution in [3.8, 4) is 0 Å². The van der Waals surface area contributed by atoms with E-state index in [1.54, 1.807) is 30.3 Å². The Bertz CT molecular complexity index is 784. The fraction of sp³-hybridized carbons (Fsp3) is 0.133. The zero-order chi connectivity index (χ0) is 17.9. The SMILES string of the molecule is COC(=O)C(NC(=O)c1nc(Cl)c(Cl)c(Cl)c1Cl)c1ccccc1. The topological polar surface area (TPSA) is 68.3 Å². The summed E-state index contributed by atoms with van der Waals surface area (Å²) in [5.41, 5.74) is 0.279. The second kappa shape index (κ2) is 8.03. The number of carbonyl (C=O) groups excluding carboxylic acids is 2. The third-order valence-electron chi connectivity index (χ3n) is 3.04. The second-order valence-electron chi connectivity index (χ2n) is 4.53. The van der Waals surface area contributed by atoms with E-state index in [-0.39, 0.29) is 25.9 Å². The number of hydrogen-bond acceptors (Lipinski definition) is 4. The van der Waals surface area contributed by atoms with Crippen molar-refractivity contribution in [2.75, 3.05) is 7.11 Å². The van der Waals surface area contributed by atoms with Crippen LogP contribution in [0.1, 0.15) is 22.1 Å². The first kappa shape index (κ1) is 18.8. The average molecular weight is 408 g/mol. The van der Waals surface area contributed by atoms with Gasteiger partial charge < -0.3 is 10.1 Å². The highest BCUT2D eigenvalue weighted by Gasteiger charge is 2.27. The smallest absolute Gasteiger partial charge is 0.333 e. The number of hydrogen-bond donors (Lipinski definition) is 1. The molecule has 0 aliphatic carbocycles. The predicted molar refractivity (Wildman–Crippen MR) is 92.9 cm³/mol. The molecule has 0 saturated carbocycles. The van der Waals surface area contributed by atoms with Gasteiger partial charge in [0.05, 0.1) is 22.2 Å². The highest BCUT2D eigenvalue weighted by molar-refractivity contribution is 6.52. The third kappa shape index (κ3) is 3.92. The molecule has 9 heteroatoms. The Labute approximate surface area is 157 Å². The zero-order valence-electron chi connectivity index (χ0n) is 12.1. The van der Waals surface area contributed by atoms with Gasteiger partial charge in [-0.05, 0) is 5.56 Å². The maximum absolute atomic E-state index is 12.5. The van der Waals surface area contributed by atoms with Crippen LogP contribution in [0, 0.1) is 0 Å². The zero-order valence-corrected chi connectivity index (χ0v) is 15.2. The van der Waals surface area contributed by atoms with Gasteiger partial charge in [0.2, 0.25) is 0 Å². The predicted octanol–water partition coefficient (Wildman–Crippen LogP) is 4.34. The third-order valence-corrected chi connectivity index (χ3v) is 4.72. The molecule has 2 aromatic rings. The number of halogens is 4. The summed E-state index contributed by atoms with van der Waals surface area (Å²) in [6.07, 6.45) is 0. The highest BCUT2D eigenvalue weighted by Crippen LogP contribution is 2.36. The monoisotopic (exact) mass is 406 g/mol. The number of carbonyl (C=O) groups is 2. The molecule has 1 heterocycles. The van der Waals surface area contributed by atoms with E-state index in [4.69, 9.17) is 51.1 Å². The van der Waals surface area contributed by atoms with Crippen molar-refractivity contribution >= 4 is 58.3 Å². The molecule has 1 unspecified atom stereocenters. The molecule has 0 radical (unpaired) electrons. The number of aromatic nitrogens is 1. The van der Waals surface area contributed by atoms with Gasteiger partial charge in [0.15, 0.2) is 6.04 Å². The summed E-state index contributed by atoms with van der Waals surface area (Å²) >= 11 is 23.5. The first-order valence-electron chi connectivity index (χ1n) is 6.50. The summed E-state index contributed by atoms with van der Waals surface area (Å²) < 4.78 is 4.72.